The zero-order valence-corrected chi connectivity index (χ0v) is 15.0. The molecule has 0 radical (unpaired) electrons. The lowest BCUT2D eigenvalue weighted by molar-refractivity contribution is 0.340. The summed E-state index contributed by atoms with van der Waals surface area (Å²) in [5.41, 5.74) is 6.03. The molecule has 118 valence electrons. The van der Waals surface area contributed by atoms with Gasteiger partial charge >= 0.3 is 0 Å². The number of halogens is 1. The SMILES string of the molecule is Br.CCOc1ccc(-c2nc3n(c2C)Cc2ccccc2-3)cc1. The summed E-state index contributed by atoms with van der Waals surface area (Å²) in [5.74, 6) is 1.98. The fourth-order valence-electron chi connectivity index (χ4n) is 3.13. The van der Waals surface area contributed by atoms with Gasteiger partial charge in [0.25, 0.3) is 0 Å². The Labute approximate surface area is 146 Å². The molecule has 4 rings (SSSR count). The average molecular weight is 371 g/mol. The van der Waals surface area contributed by atoms with Crippen molar-refractivity contribution in [2.45, 2.75) is 20.4 Å². The van der Waals surface area contributed by atoms with Crippen LogP contribution in [0.2, 0.25) is 0 Å². The van der Waals surface area contributed by atoms with Gasteiger partial charge in [0, 0.05) is 16.8 Å². The van der Waals surface area contributed by atoms with E-state index in [1.807, 2.05) is 19.1 Å². The highest BCUT2D eigenvalue weighted by molar-refractivity contribution is 8.93. The number of fused-ring (bicyclic) bond motifs is 3. The highest BCUT2D eigenvalue weighted by Gasteiger charge is 2.24. The van der Waals surface area contributed by atoms with Crippen LogP contribution in [0.1, 0.15) is 18.2 Å². The number of ether oxygens (including phenoxy) is 1. The Morgan fingerprint density at radius 3 is 2.57 bits per heavy atom. The topological polar surface area (TPSA) is 27.1 Å². The van der Waals surface area contributed by atoms with Gasteiger partial charge in [0.15, 0.2) is 0 Å². The molecule has 0 saturated carbocycles. The van der Waals surface area contributed by atoms with E-state index in [0.29, 0.717) is 6.61 Å². The predicted molar refractivity (Wildman–Crippen MR) is 98.4 cm³/mol. The standard InChI is InChI=1S/C19H18N2O.BrH/c1-3-22-16-10-8-14(9-11-16)18-13(2)21-12-15-6-4-5-7-17(15)19(21)20-18;/h4-11H,3,12H2,1-2H3;1H. The molecule has 4 heteroatoms. The number of nitrogens with zero attached hydrogens (tertiary/aromatic N) is 2. The average Bonchev–Trinajstić information content (AvgIpc) is 3.06. The van der Waals surface area contributed by atoms with Gasteiger partial charge in [0.2, 0.25) is 0 Å². The van der Waals surface area contributed by atoms with E-state index in [9.17, 15) is 0 Å². The zero-order valence-electron chi connectivity index (χ0n) is 13.2. The van der Waals surface area contributed by atoms with Crippen LogP contribution < -0.4 is 4.74 Å². The van der Waals surface area contributed by atoms with Gasteiger partial charge in [-0.25, -0.2) is 4.98 Å². The highest BCUT2D eigenvalue weighted by atomic mass is 79.9. The maximum atomic E-state index is 5.51. The molecule has 1 aromatic heterocycles. The molecule has 0 atom stereocenters. The second-order valence-corrected chi connectivity index (χ2v) is 5.57. The van der Waals surface area contributed by atoms with E-state index in [2.05, 4.69) is 47.9 Å². The van der Waals surface area contributed by atoms with E-state index < -0.39 is 0 Å². The van der Waals surface area contributed by atoms with Crippen LogP contribution in [0.15, 0.2) is 48.5 Å². The Kier molecular flexibility index (Phi) is 4.26. The molecule has 23 heavy (non-hydrogen) atoms. The third-order valence-electron chi connectivity index (χ3n) is 4.25. The minimum atomic E-state index is 0. The molecular formula is C19H19BrN2O. The Bertz CT molecular complexity index is 837. The van der Waals surface area contributed by atoms with Gasteiger partial charge in [-0.15, -0.1) is 17.0 Å². The van der Waals surface area contributed by atoms with Crippen molar-refractivity contribution in [2.24, 2.45) is 0 Å². The highest BCUT2D eigenvalue weighted by Crippen LogP contribution is 2.36. The first-order valence-electron chi connectivity index (χ1n) is 7.66. The summed E-state index contributed by atoms with van der Waals surface area (Å²) in [4.78, 5) is 4.90. The fraction of sp³-hybridized carbons (Fsp3) is 0.211. The number of hydrogen-bond donors (Lipinski definition) is 0. The van der Waals surface area contributed by atoms with Crippen molar-refractivity contribution >= 4 is 17.0 Å². The summed E-state index contributed by atoms with van der Waals surface area (Å²) in [6.45, 7) is 5.75. The van der Waals surface area contributed by atoms with Crippen LogP contribution in [0.4, 0.5) is 0 Å². The number of aromatic nitrogens is 2. The summed E-state index contributed by atoms with van der Waals surface area (Å²) in [7, 11) is 0. The fourth-order valence-corrected chi connectivity index (χ4v) is 3.13. The number of rotatable bonds is 3. The Balaban J connectivity index is 0.00000156. The van der Waals surface area contributed by atoms with Crippen molar-refractivity contribution in [3.05, 3.63) is 59.8 Å². The van der Waals surface area contributed by atoms with Crippen molar-refractivity contribution < 1.29 is 4.74 Å². The lowest BCUT2D eigenvalue weighted by Gasteiger charge is -2.05. The van der Waals surface area contributed by atoms with Crippen LogP contribution >= 0.6 is 17.0 Å². The van der Waals surface area contributed by atoms with Crippen LogP contribution in [0.5, 0.6) is 5.75 Å². The monoisotopic (exact) mass is 370 g/mol. The maximum Gasteiger partial charge on any atom is 0.141 e. The smallest absolute Gasteiger partial charge is 0.141 e. The first-order valence-corrected chi connectivity index (χ1v) is 7.66. The van der Waals surface area contributed by atoms with Gasteiger partial charge in [-0.05, 0) is 43.7 Å². The van der Waals surface area contributed by atoms with E-state index in [4.69, 9.17) is 9.72 Å². The van der Waals surface area contributed by atoms with Crippen LogP contribution in [0.3, 0.4) is 0 Å². The molecule has 0 bridgehead atoms. The van der Waals surface area contributed by atoms with Gasteiger partial charge < -0.3 is 9.30 Å². The van der Waals surface area contributed by atoms with E-state index in [1.54, 1.807) is 0 Å². The molecule has 0 amide bonds. The molecule has 0 saturated heterocycles. The molecule has 1 aliphatic rings. The molecule has 0 aliphatic carbocycles. The molecule has 0 spiro atoms. The van der Waals surface area contributed by atoms with Gasteiger partial charge in [-0.3, -0.25) is 0 Å². The van der Waals surface area contributed by atoms with Crippen molar-refractivity contribution in [3.8, 4) is 28.4 Å². The van der Waals surface area contributed by atoms with Crippen LogP contribution in [0, 0.1) is 6.92 Å². The molecule has 0 N–H and O–H groups in total. The summed E-state index contributed by atoms with van der Waals surface area (Å²) in [5, 5.41) is 0. The molecule has 3 aromatic rings. The third kappa shape index (κ3) is 2.57. The molecule has 3 nitrogen and oxygen atoms in total. The summed E-state index contributed by atoms with van der Waals surface area (Å²) in [6, 6.07) is 16.7. The second kappa shape index (κ2) is 6.20. The minimum Gasteiger partial charge on any atom is -0.494 e. The molecule has 0 fully saturated rings. The van der Waals surface area contributed by atoms with Crippen molar-refractivity contribution in [3.63, 3.8) is 0 Å². The number of hydrogen-bond acceptors (Lipinski definition) is 2. The lowest BCUT2D eigenvalue weighted by atomic mass is 10.1. The summed E-state index contributed by atoms with van der Waals surface area (Å²) in [6.07, 6.45) is 0. The van der Waals surface area contributed by atoms with Crippen molar-refractivity contribution in [1.29, 1.82) is 0 Å². The van der Waals surface area contributed by atoms with E-state index in [-0.39, 0.29) is 17.0 Å². The quantitative estimate of drug-likeness (QED) is 0.514. The van der Waals surface area contributed by atoms with E-state index in [0.717, 1.165) is 29.4 Å². The molecule has 2 aromatic carbocycles. The summed E-state index contributed by atoms with van der Waals surface area (Å²) >= 11 is 0. The van der Waals surface area contributed by atoms with Crippen LogP contribution in [-0.4, -0.2) is 16.2 Å². The van der Waals surface area contributed by atoms with Crippen LogP contribution in [-0.2, 0) is 6.54 Å². The van der Waals surface area contributed by atoms with Crippen molar-refractivity contribution in [2.75, 3.05) is 6.61 Å². The first-order chi connectivity index (χ1) is 10.8. The third-order valence-corrected chi connectivity index (χ3v) is 4.25. The van der Waals surface area contributed by atoms with E-state index >= 15 is 0 Å². The molecule has 1 aliphatic heterocycles. The summed E-state index contributed by atoms with van der Waals surface area (Å²) < 4.78 is 7.81. The Morgan fingerprint density at radius 2 is 1.83 bits per heavy atom. The molecule has 2 heterocycles. The van der Waals surface area contributed by atoms with Gasteiger partial charge in [-0.2, -0.15) is 0 Å². The molecule has 0 unspecified atom stereocenters. The normalized spacial score (nSPS) is 11.6. The Hall–Kier alpha value is -2.07. The first kappa shape index (κ1) is 15.8. The predicted octanol–water partition coefficient (Wildman–Crippen LogP) is 4.86. The number of imidazole rings is 1. The van der Waals surface area contributed by atoms with Gasteiger partial charge in [0.05, 0.1) is 18.8 Å². The maximum absolute atomic E-state index is 5.51. The molecular weight excluding hydrogens is 352 g/mol. The number of benzene rings is 2. The van der Waals surface area contributed by atoms with Gasteiger partial charge in [-0.1, -0.05) is 24.3 Å². The van der Waals surface area contributed by atoms with Gasteiger partial charge in [0.1, 0.15) is 11.6 Å². The second-order valence-electron chi connectivity index (χ2n) is 5.57. The van der Waals surface area contributed by atoms with Crippen LogP contribution in [0.25, 0.3) is 22.6 Å². The Morgan fingerprint density at radius 1 is 1.09 bits per heavy atom. The largest absolute Gasteiger partial charge is 0.494 e. The lowest BCUT2D eigenvalue weighted by Crippen LogP contribution is -1.96. The minimum absolute atomic E-state index is 0. The van der Waals surface area contributed by atoms with Crippen molar-refractivity contribution in [1.82, 2.24) is 9.55 Å². The zero-order chi connectivity index (χ0) is 15.1. The van der Waals surface area contributed by atoms with E-state index in [1.165, 1.54) is 16.8 Å².